The van der Waals surface area contributed by atoms with Crippen molar-refractivity contribution in [2.45, 2.75) is 12.8 Å². The number of non-ortho nitro benzene ring substituents is 1. The van der Waals surface area contributed by atoms with Crippen molar-refractivity contribution in [3.63, 3.8) is 0 Å². The molecule has 0 bridgehead atoms. The van der Waals surface area contributed by atoms with E-state index in [0.717, 1.165) is 30.2 Å². The number of ether oxygens (including phenoxy) is 1. The molecular weight excluding hydrogens is 372 g/mol. The molecule has 1 fully saturated rings. The summed E-state index contributed by atoms with van der Waals surface area (Å²) in [6.45, 7) is 3.62. The highest BCUT2D eigenvalue weighted by atomic mass is 16.6. The first-order chi connectivity index (χ1) is 14.1. The molecule has 0 radical (unpaired) electrons. The summed E-state index contributed by atoms with van der Waals surface area (Å²) in [5.41, 5.74) is 1.95. The highest BCUT2D eigenvalue weighted by molar-refractivity contribution is 5.76. The zero-order chi connectivity index (χ0) is 20.6. The number of nitro benzene ring substituents is 1. The number of carbonyl (C=O) groups is 1. The van der Waals surface area contributed by atoms with Gasteiger partial charge >= 0.3 is 0 Å². The topological polar surface area (TPSA) is 88.0 Å². The Balaban J connectivity index is 1.39. The first kappa shape index (κ1) is 20.4. The van der Waals surface area contributed by atoms with Crippen molar-refractivity contribution < 1.29 is 14.5 Å². The highest BCUT2D eigenvalue weighted by Crippen LogP contribution is 2.28. The summed E-state index contributed by atoms with van der Waals surface area (Å²) in [5.74, 6) is 1.01. The van der Waals surface area contributed by atoms with Gasteiger partial charge in [-0.05, 0) is 30.7 Å². The molecule has 154 valence electrons. The molecule has 1 N–H and O–H groups in total. The number of hydrogen-bond donors (Lipinski definition) is 1. The Hall–Kier alpha value is -3.29. The van der Waals surface area contributed by atoms with E-state index in [9.17, 15) is 14.9 Å². The quantitative estimate of drug-likeness (QED) is 0.418. The minimum Gasteiger partial charge on any atom is -0.495 e. The van der Waals surface area contributed by atoms with Gasteiger partial charge in [0.15, 0.2) is 0 Å². The number of benzene rings is 2. The Bertz CT molecular complexity index is 833. The molecule has 0 aliphatic carbocycles. The van der Waals surface area contributed by atoms with Crippen molar-refractivity contribution in [1.82, 2.24) is 4.90 Å². The molecule has 29 heavy (non-hydrogen) atoms. The molecule has 1 heterocycles. The number of methoxy groups -OCH3 is 1. The maximum Gasteiger partial charge on any atom is 0.269 e. The third-order valence-electron chi connectivity index (χ3n) is 5.03. The van der Waals surface area contributed by atoms with E-state index < -0.39 is 4.92 Å². The van der Waals surface area contributed by atoms with Crippen LogP contribution in [0.15, 0.2) is 48.5 Å². The fourth-order valence-corrected chi connectivity index (χ4v) is 3.42. The Morgan fingerprint density at radius 2 is 1.79 bits per heavy atom. The van der Waals surface area contributed by atoms with Crippen LogP contribution in [0.5, 0.6) is 5.75 Å². The fourth-order valence-electron chi connectivity index (χ4n) is 3.42. The van der Waals surface area contributed by atoms with Gasteiger partial charge in [-0.25, -0.2) is 0 Å². The number of para-hydroxylation sites is 2. The van der Waals surface area contributed by atoms with Crippen LogP contribution in [-0.2, 0) is 4.79 Å². The van der Waals surface area contributed by atoms with Crippen LogP contribution in [-0.4, -0.2) is 55.6 Å². The number of carbonyl (C=O) groups excluding carboxylic acids is 1. The van der Waals surface area contributed by atoms with Gasteiger partial charge in [-0.15, -0.1) is 0 Å². The van der Waals surface area contributed by atoms with E-state index in [1.165, 1.54) is 12.1 Å². The zero-order valence-electron chi connectivity index (χ0n) is 16.5. The lowest BCUT2D eigenvalue weighted by Gasteiger charge is -2.36. The molecule has 3 rings (SSSR count). The summed E-state index contributed by atoms with van der Waals surface area (Å²) >= 11 is 0. The Morgan fingerprint density at radius 1 is 1.10 bits per heavy atom. The summed E-state index contributed by atoms with van der Waals surface area (Å²) < 4.78 is 5.43. The molecule has 2 aromatic rings. The smallest absolute Gasteiger partial charge is 0.269 e. The van der Waals surface area contributed by atoms with Crippen LogP contribution in [0.25, 0.3) is 0 Å². The molecule has 1 saturated heterocycles. The van der Waals surface area contributed by atoms with Crippen LogP contribution >= 0.6 is 0 Å². The molecule has 1 aliphatic heterocycles. The molecule has 0 saturated carbocycles. The van der Waals surface area contributed by atoms with Gasteiger partial charge in [-0.1, -0.05) is 12.1 Å². The van der Waals surface area contributed by atoms with Crippen molar-refractivity contribution in [3.8, 4) is 5.75 Å². The van der Waals surface area contributed by atoms with E-state index in [0.29, 0.717) is 32.5 Å². The second-order valence-electron chi connectivity index (χ2n) is 6.87. The number of nitrogens with zero attached hydrogens (tertiary/aromatic N) is 3. The molecule has 2 aromatic carbocycles. The lowest BCUT2D eigenvalue weighted by atomic mass is 10.2. The van der Waals surface area contributed by atoms with Gasteiger partial charge in [0.25, 0.3) is 5.69 Å². The summed E-state index contributed by atoms with van der Waals surface area (Å²) in [7, 11) is 1.67. The third-order valence-corrected chi connectivity index (χ3v) is 5.03. The van der Waals surface area contributed by atoms with Crippen LogP contribution < -0.4 is 15.0 Å². The number of anilines is 2. The number of amides is 1. The second-order valence-corrected chi connectivity index (χ2v) is 6.87. The number of piperazine rings is 1. The number of hydrogen-bond acceptors (Lipinski definition) is 6. The molecule has 8 nitrogen and oxygen atoms in total. The highest BCUT2D eigenvalue weighted by Gasteiger charge is 2.22. The summed E-state index contributed by atoms with van der Waals surface area (Å²) in [5, 5.41) is 13.9. The molecule has 0 aromatic heterocycles. The Kier molecular flexibility index (Phi) is 6.89. The molecule has 0 unspecified atom stereocenters. The van der Waals surface area contributed by atoms with Gasteiger partial charge in [0.2, 0.25) is 5.91 Å². The van der Waals surface area contributed by atoms with Crippen LogP contribution in [0.4, 0.5) is 17.1 Å². The monoisotopic (exact) mass is 398 g/mol. The van der Waals surface area contributed by atoms with Gasteiger partial charge < -0.3 is 19.9 Å². The number of nitro groups is 1. The van der Waals surface area contributed by atoms with Crippen LogP contribution in [0, 0.1) is 10.1 Å². The molecule has 0 atom stereocenters. The van der Waals surface area contributed by atoms with E-state index >= 15 is 0 Å². The predicted molar refractivity (Wildman–Crippen MR) is 113 cm³/mol. The Labute approximate surface area is 170 Å². The van der Waals surface area contributed by atoms with Crippen molar-refractivity contribution in [2.24, 2.45) is 0 Å². The van der Waals surface area contributed by atoms with Gasteiger partial charge in [0.05, 0.1) is 17.7 Å². The second kappa shape index (κ2) is 9.77. The van der Waals surface area contributed by atoms with E-state index in [-0.39, 0.29) is 11.6 Å². The van der Waals surface area contributed by atoms with Gasteiger partial charge in [0.1, 0.15) is 5.75 Å². The molecule has 1 amide bonds. The predicted octanol–water partition coefficient (Wildman–Crippen LogP) is 3.14. The summed E-state index contributed by atoms with van der Waals surface area (Å²) in [6, 6.07) is 14.2. The average molecular weight is 398 g/mol. The maximum atomic E-state index is 12.5. The van der Waals surface area contributed by atoms with E-state index in [1.807, 2.05) is 29.2 Å². The van der Waals surface area contributed by atoms with Crippen molar-refractivity contribution in [2.75, 3.05) is 50.1 Å². The first-order valence-electron chi connectivity index (χ1n) is 9.72. The molecule has 1 aliphatic rings. The Morgan fingerprint density at radius 3 is 2.45 bits per heavy atom. The van der Waals surface area contributed by atoms with E-state index in [1.54, 1.807) is 19.2 Å². The van der Waals surface area contributed by atoms with E-state index in [4.69, 9.17) is 4.74 Å². The van der Waals surface area contributed by atoms with Crippen LogP contribution in [0.1, 0.15) is 12.8 Å². The number of nitrogens with one attached hydrogen (secondary N) is 1. The van der Waals surface area contributed by atoms with Gasteiger partial charge in [-0.3, -0.25) is 14.9 Å². The van der Waals surface area contributed by atoms with Crippen molar-refractivity contribution in [3.05, 3.63) is 58.6 Å². The van der Waals surface area contributed by atoms with Gasteiger partial charge in [-0.2, -0.15) is 0 Å². The lowest BCUT2D eigenvalue weighted by molar-refractivity contribution is -0.384. The standard InChI is InChI=1S/C21H26N4O4/c1-29-20-6-3-2-5-19(20)23-13-15-24(16-14-23)21(26)7-4-12-22-17-8-10-18(11-9-17)25(27)28/h2-3,5-6,8-11,22H,4,7,12-16H2,1H3. The number of rotatable bonds is 8. The van der Waals surface area contributed by atoms with Crippen LogP contribution in [0.2, 0.25) is 0 Å². The van der Waals surface area contributed by atoms with Gasteiger partial charge in [0, 0.05) is 57.0 Å². The molecule has 8 heteroatoms. The summed E-state index contributed by atoms with van der Waals surface area (Å²) in [4.78, 5) is 26.9. The zero-order valence-corrected chi connectivity index (χ0v) is 16.5. The lowest BCUT2D eigenvalue weighted by Crippen LogP contribution is -2.48. The molecule has 0 spiro atoms. The minimum absolute atomic E-state index is 0.0676. The summed E-state index contributed by atoms with van der Waals surface area (Å²) in [6.07, 6.45) is 1.19. The van der Waals surface area contributed by atoms with Crippen molar-refractivity contribution in [1.29, 1.82) is 0 Å². The third kappa shape index (κ3) is 5.37. The maximum absolute atomic E-state index is 12.5. The molecular formula is C21H26N4O4. The van der Waals surface area contributed by atoms with Crippen LogP contribution in [0.3, 0.4) is 0 Å². The average Bonchev–Trinajstić information content (AvgIpc) is 2.77. The fraction of sp³-hybridized carbons (Fsp3) is 0.381. The van der Waals surface area contributed by atoms with Crippen molar-refractivity contribution >= 4 is 23.0 Å². The SMILES string of the molecule is COc1ccccc1N1CCN(C(=O)CCCNc2ccc([N+](=O)[O-])cc2)CC1. The normalized spacial score (nSPS) is 13.8. The van der Waals surface area contributed by atoms with E-state index in [2.05, 4.69) is 10.2 Å². The minimum atomic E-state index is -0.421. The largest absolute Gasteiger partial charge is 0.495 e. The first-order valence-corrected chi connectivity index (χ1v) is 9.72.